The van der Waals surface area contributed by atoms with E-state index in [9.17, 15) is 20.0 Å². The van der Waals surface area contributed by atoms with Crippen LogP contribution in [0.25, 0.3) is 0 Å². The van der Waals surface area contributed by atoms with Crippen LogP contribution in [0.4, 0.5) is 5.69 Å². The zero-order valence-corrected chi connectivity index (χ0v) is 15.7. The fourth-order valence-corrected chi connectivity index (χ4v) is 2.53. The summed E-state index contributed by atoms with van der Waals surface area (Å²) in [5.74, 6) is -0.286. The third-order valence-corrected chi connectivity index (χ3v) is 3.92. The lowest BCUT2D eigenvalue weighted by molar-refractivity contribution is -0.385. The second-order valence-electron chi connectivity index (χ2n) is 4.86. The van der Waals surface area contributed by atoms with E-state index in [-0.39, 0.29) is 22.9 Å². The van der Waals surface area contributed by atoms with Crippen molar-refractivity contribution in [1.82, 2.24) is 5.43 Å². The summed E-state index contributed by atoms with van der Waals surface area (Å²) < 4.78 is 10.7. The number of nitro groups is 1. The highest BCUT2D eigenvalue weighted by atomic mass is 127. The Balaban J connectivity index is 1.94. The standard InChI is InChI=1S/C16H14IN3O6/c1-25-14-7-10(6-11(17)16(14)22)8-18-19-15(21)9-26-13-5-3-2-4-12(13)20(23)24/h2-8,22H,9H2,1H3,(H,19,21). The van der Waals surface area contributed by atoms with Crippen molar-refractivity contribution in [3.63, 3.8) is 0 Å². The molecule has 0 aromatic heterocycles. The molecule has 0 aliphatic heterocycles. The van der Waals surface area contributed by atoms with Crippen molar-refractivity contribution in [2.45, 2.75) is 0 Å². The summed E-state index contributed by atoms with van der Waals surface area (Å²) in [6, 6.07) is 8.96. The molecule has 0 aliphatic carbocycles. The molecule has 0 aliphatic rings. The normalized spacial score (nSPS) is 10.5. The molecule has 0 radical (unpaired) electrons. The van der Waals surface area contributed by atoms with Crippen molar-refractivity contribution < 1.29 is 24.3 Å². The molecule has 0 unspecified atom stereocenters. The Labute approximate surface area is 161 Å². The first kappa shape index (κ1) is 19.4. The first-order valence-corrected chi connectivity index (χ1v) is 8.25. The molecule has 0 bridgehead atoms. The number of nitro benzene ring substituents is 1. The predicted octanol–water partition coefficient (Wildman–Crippen LogP) is 2.44. The number of nitrogens with zero attached hydrogens (tertiary/aromatic N) is 2. The number of phenols is 1. The minimum absolute atomic E-state index is 0.00513. The van der Waals surface area contributed by atoms with Crippen LogP contribution >= 0.6 is 22.6 Å². The monoisotopic (exact) mass is 471 g/mol. The summed E-state index contributed by atoms with van der Waals surface area (Å²) in [4.78, 5) is 22.0. The number of hydrogen-bond acceptors (Lipinski definition) is 7. The van der Waals surface area contributed by atoms with Gasteiger partial charge in [-0.25, -0.2) is 5.43 Å². The Bertz CT molecular complexity index is 856. The summed E-state index contributed by atoms with van der Waals surface area (Å²) in [5.41, 5.74) is 2.63. The zero-order valence-electron chi connectivity index (χ0n) is 13.5. The van der Waals surface area contributed by atoms with Gasteiger partial charge >= 0.3 is 5.69 Å². The van der Waals surface area contributed by atoms with Crippen LogP contribution in [0.3, 0.4) is 0 Å². The third kappa shape index (κ3) is 5.05. The number of hydrogen-bond donors (Lipinski definition) is 2. The highest BCUT2D eigenvalue weighted by Crippen LogP contribution is 2.31. The van der Waals surface area contributed by atoms with Crippen molar-refractivity contribution in [2.24, 2.45) is 5.10 Å². The first-order chi connectivity index (χ1) is 12.4. The van der Waals surface area contributed by atoms with Gasteiger partial charge in [0.2, 0.25) is 0 Å². The fraction of sp³-hybridized carbons (Fsp3) is 0.125. The van der Waals surface area contributed by atoms with Gasteiger partial charge in [0.05, 0.1) is 21.8 Å². The van der Waals surface area contributed by atoms with Crippen molar-refractivity contribution in [1.29, 1.82) is 0 Å². The van der Waals surface area contributed by atoms with Crippen LogP contribution in [0.1, 0.15) is 5.56 Å². The Morgan fingerprint density at radius 3 is 2.81 bits per heavy atom. The summed E-state index contributed by atoms with van der Waals surface area (Å²) in [5, 5.41) is 24.4. The lowest BCUT2D eigenvalue weighted by atomic mass is 10.2. The molecule has 136 valence electrons. The molecule has 1 amide bonds. The number of amides is 1. The largest absolute Gasteiger partial charge is 0.504 e. The molecule has 0 spiro atoms. The van der Waals surface area contributed by atoms with Gasteiger partial charge in [0.15, 0.2) is 23.9 Å². The van der Waals surface area contributed by atoms with Gasteiger partial charge in [-0.3, -0.25) is 14.9 Å². The molecule has 2 aromatic rings. The minimum Gasteiger partial charge on any atom is -0.504 e. The summed E-state index contributed by atoms with van der Waals surface area (Å²) in [6.07, 6.45) is 1.37. The van der Waals surface area contributed by atoms with Gasteiger partial charge in [-0.15, -0.1) is 0 Å². The molecular formula is C16H14IN3O6. The third-order valence-electron chi connectivity index (χ3n) is 3.09. The molecule has 0 saturated heterocycles. The van der Waals surface area contributed by atoms with Crippen molar-refractivity contribution >= 4 is 40.4 Å². The number of carbonyl (C=O) groups is 1. The van der Waals surface area contributed by atoms with Gasteiger partial charge in [-0.05, 0) is 46.4 Å². The van der Waals surface area contributed by atoms with Gasteiger partial charge in [-0.1, -0.05) is 12.1 Å². The summed E-state index contributed by atoms with van der Waals surface area (Å²) in [7, 11) is 1.42. The van der Waals surface area contributed by atoms with Crippen LogP contribution < -0.4 is 14.9 Å². The number of carbonyl (C=O) groups excluding carboxylic acids is 1. The molecule has 0 fully saturated rings. The highest BCUT2D eigenvalue weighted by Gasteiger charge is 2.14. The molecule has 0 saturated carbocycles. The van der Waals surface area contributed by atoms with Crippen molar-refractivity contribution in [2.75, 3.05) is 13.7 Å². The lowest BCUT2D eigenvalue weighted by Crippen LogP contribution is -2.24. The quantitative estimate of drug-likeness (QED) is 0.277. The maximum Gasteiger partial charge on any atom is 0.310 e. The van der Waals surface area contributed by atoms with Gasteiger partial charge < -0.3 is 14.6 Å². The highest BCUT2D eigenvalue weighted by molar-refractivity contribution is 14.1. The minimum atomic E-state index is -0.592. The van der Waals surface area contributed by atoms with Gasteiger partial charge in [0.1, 0.15) is 0 Å². The van der Waals surface area contributed by atoms with E-state index >= 15 is 0 Å². The van der Waals surface area contributed by atoms with Gasteiger partial charge in [-0.2, -0.15) is 5.10 Å². The van der Waals surface area contributed by atoms with Crippen LogP contribution in [0, 0.1) is 13.7 Å². The average Bonchev–Trinajstić information content (AvgIpc) is 2.62. The number of phenolic OH excluding ortho intramolecular Hbond substituents is 1. The number of hydrazone groups is 1. The number of aromatic hydroxyl groups is 1. The summed E-state index contributed by atoms with van der Waals surface area (Å²) in [6.45, 7) is -0.432. The number of halogens is 1. The van der Waals surface area contributed by atoms with Crippen LogP contribution in [-0.4, -0.2) is 35.9 Å². The SMILES string of the molecule is COc1cc(C=NNC(=O)COc2ccccc2[N+](=O)[O-])cc(I)c1O. The van der Waals surface area contributed by atoms with Crippen LogP contribution in [0.15, 0.2) is 41.5 Å². The van der Waals surface area contributed by atoms with E-state index in [0.29, 0.717) is 9.13 Å². The average molecular weight is 471 g/mol. The number of ether oxygens (including phenoxy) is 2. The molecule has 2 aromatic carbocycles. The van der Waals surface area contributed by atoms with E-state index in [1.165, 1.54) is 31.5 Å². The van der Waals surface area contributed by atoms with E-state index in [2.05, 4.69) is 10.5 Å². The Morgan fingerprint density at radius 2 is 2.12 bits per heavy atom. The molecular weight excluding hydrogens is 457 g/mol. The van der Waals surface area contributed by atoms with E-state index in [4.69, 9.17) is 9.47 Å². The molecule has 0 heterocycles. The van der Waals surface area contributed by atoms with E-state index in [0.717, 1.165) is 0 Å². The second-order valence-corrected chi connectivity index (χ2v) is 6.02. The lowest BCUT2D eigenvalue weighted by Gasteiger charge is -2.07. The first-order valence-electron chi connectivity index (χ1n) is 7.17. The molecule has 2 rings (SSSR count). The maximum atomic E-state index is 11.7. The van der Waals surface area contributed by atoms with Crippen LogP contribution in [0.5, 0.6) is 17.2 Å². The number of methoxy groups -OCH3 is 1. The van der Waals surface area contributed by atoms with E-state index in [1.807, 2.05) is 22.6 Å². The van der Waals surface area contributed by atoms with Crippen LogP contribution in [-0.2, 0) is 4.79 Å². The van der Waals surface area contributed by atoms with E-state index < -0.39 is 17.4 Å². The fourth-order valence-electron chi connectivity index (χ4n) is 1.91. The van der Waals surface area contributed by atoms with Crippen molar-refractivity contribution in [3.05, 3.63) is 55.6 Å². The molecule has 26 heavy (non-hydrogen) atoms. The maximum absolute atomic E-state index is 11.7. The zero-order chi connectivity index (χ0) is 19.1. The topological polar surface area (TPSA) is 123 Å². The molecule has 10 heteroatoms. The van der Waals surface area contributed by atoms with Crippen molar-refractivity contribution in [3.8, 4) is 17.2 Å². The number of para-hydroxylation sites is 2. The number of rotatable bonds is 7. The Morgan fingerprint density at radius 1 is 1.38 bits per heavy atom. The second kappa shape index (κ2) is 8.99. The van der Waals surface area contributed by atoms with Gasteiger partial charge in [0.25, 0.3) is 5.91 Å². The smallest absolute Gasteiger partial charge is 0.310 e. The summed E-state index contributed by atoms with van der Waals surface area (Å²) >= 11 is 1.94. The Kier molecular flexibility index (Phi) is 6.72. The molecule has 2 N–H and O–H groups in total. The Hall–Kier alpha value is -2.89. The molecule has 0 atom stereocenters. The number of nitrogens with one attached hydrogen (secondary N) is 1. The number of benzene rings is 2. The molecule has 9 nitrogen and oxygen atoms in total. The van der Waals surface area contributed by atoms with Crippen LogP contribution in [0.2, 0.25) is 0 Å². The van der Waals surface area contributed by atoms with Gasteiger partial charge in [0, 0.05) is 6.07 Å². The van der Waals surface area contributed by atoms with E-state index in [1.54, 1.807) is 18.2 Å². The predicted molar refractivity (Wildman–Crippen MR) is 102 cm³/mol.